The van der Waals surface area contributed by atoms with E-state index in [0.29, 0.717) is 12.6 Å². The van der Waals surface area contributed by atoms with Crippen LogP contribution < -0.4 is 5.32 Å². The van der Waals surface area contributed by atoms with Crippen LogP contribution in [0.15, 0.2) is 30.5 Å². The molecule has 3 rings (SSSR count). The molecule has 6 nitrogen and oxygen atoms in total. The SMILES string of the molecule is CC1(C(=O)O)COCC1Nc1ncc2ccccc2n1. The molecule has 0 amide bonds. The van der Waals surface area contributed by atoms with Crippen molar-refractivity contribution in [3.05, 3.63) is 30.5 Å². The molecular weight excluding hydrogens is 258 g/mol. The maximum Gasteiger partial charge on any atom is 0.313 e. The molecule has 2 atom stereocenters. The van der Waals surface area contributed by atoms with E-state index < -0.39 is 11.4 Å². The molecule has 1 fully saturated rings. The highest BCUT2D eigenvalue weighted by molar-refractivity contribution is 5.79. The summed E-state index contributed by atoms with van der Waals surface area (Å²) in [6.45, 7) is 2.19. The fourth-order valence-electron chi connectivity index (χ4n) is 2.28. The average molecular weight is 273 g/mol. The zero-order valence-electron chi connectivity index (χ0n) is 11.0. The van der Waals surface area contributed by atoms with E-state index in [9.17, 15) is 9.90 Å². The molecule has 1 aliphatic rings. The Bertz CT molecular complexity index is 661. The van der Waals surface area contributed by atoms with Gasteiger partial charge >= 0.3 is 5.97 Å². The first kappa shape index (κ1) is 12.8. The van der Waals surface area contributed by atoms with Gasteiger partial charge in [-0.1, -0.05) is 18.2 Å². The summed E-state index contributed by atoms with van der Waals surface area (Å²) in [5, 5.41) is 13.4. The second-order valence-corrected chi connectivity index (χ2v) is 5.19. The van der Waals surface area contributed by atoms with Gasteiger partial charge in [0.1, 0.15) is 5.41 Å². The number of hydrogen-bond donors (Lipinski definition) is 2. The van der Waals surface area contributed by atoms with Crippen molar-refractivity contribution < 1.29 is 14.6 Å². The van der Waals surface area contributed by atoms with Crippen LogP contribution in [0.2, 0.25) is 0 Å². The topological polar surface area (TPSA) is 84.3 Å². The number of aromatic nitrogens is 2. The number of benzene rings is 1. The summed E-state index contributed by atoms with van der Waals surface area (Å²) in [7, 11) is 0. The van der Waals surface area contributed by atoms with Crippen LogP contribution in [0.4, 0.5) is 5.95 Å². The first-order chi connectivity index (χ1) is 9.59. The van der Waals surface area contributed by atoms with Gasteiger partial charge in [0.15, 0.2) is 0 Å². The lowest BCUT2D eigenvalue weighted by molar-refractivity contribution is -0.148. The van der Waals surface area contributed by atoms with Crippen molar-refractivity contribution in [3.63, 3.8) is 0 Å². The average Bonchev–Trinajstić information content (AvgIpc) is 2.81. The highest BCUT2D eigenvalue weighted by atomic mass is 16.5. The molecule has 1 aliphatic heterocycles. The van der Waals surface area contributed by atoms with Crippen LogP contribution in [0.3, 0.4) is 0 Å². The van der Waals surface area contributed by atoms with E-state index in [4.69, 9.17) is 4.74 Å². The number of nitrogens with one attached hydrogen (secondary N) is 1. The van der Waals surface area contributed by atoms with Crippen LogP contribution in [0, 0.1) is 5.41 Å². The van der Waals surface area contributed by atoms with Gasteiger partial charge in [-0.15, -0.1) is 0 Å². The van der Waals surface area contributed by atoms with Gasteiger partial charge in [-0.05, 0) is 13.0 Å². The van der Waals surface area contributed by atoms with E-state index in [1.54, 1.807) is 13.1 Å². The Hall–Kier alpha value is -2.21. The Morgan fingerprint density at radius 1 is 1.50 bits per heavy atom. The van der Waals surface area contributed by atoms with Crippen LogP contribution in [0.25, 0.3) is 10.9 Å². The van der Waals surface area contributed by atoms with Gasteiger partial charge in [-0.25, -0.2) is 9.97 Å². The lowest BCUT2D eigenvalue weighted by Crippen LogP contribution is -2.43. The number of hydrogen-bond acceptors (Lipinski definition) is 5. The summed E-state index contributed by atoms with van der Waals surface area (Å²) in [5.41, 5.74) is -0.143. The minimum absolute atomic E-state index is 0.188. The Labute approximate surface area is 115 Å². The maximum absolute atomic E-state index is 11.4. The Morgan fingerprint density at radius 3 is 3.10 bits per heavy atom. The van der Waals surface area contributed by atoms with E-state index >= 15 is 0 Å². The fraction of sp³-hybridized carbons (Fsp3) is 0.357. The Balaban J connectivity index is 1.87. The first-order valence-corrected chi connectivity index (χ1v) is 6.39. The van der Waals surface area contributed by atoms with E-state index in [1.165, 1.54) is 0 Å². The molecule has 2 heterocycles. The number of carboxylic acid groups (broad SMARTS) is 1. The van der Waals surface area contributed by atoms with Crippen molar-refractivity contribution >= 4 is 22.8 Å². The summed E-state index contributed by atoms with van der Waals surface area (Å²) in [6.07, 6.45) is 1.72. The number of aliphatic carboxylic acids is 1. The number of fused-ring (bicyclic) bond motifs is 1. The normalized spacial score (nSPS) is 25.8. The summed E-state index contributed by atoms with van der Waals surface area (Å²) >= 11 is 0. The number of rotatable bonds is 3. The minimum atomic E-state index is -0.963. The van der Waals surface area contributed by atoms with E-state index in [2.05, 4.69) is 15.3 Å². The monoisotopic (exact) mass is 273 g/mol. The van der Waals surface area contributed by atoms with E-state index in [-0.39, 0.29) is 12.6 Å². The smallest absolute Gasteiger partial charge is 0.313 e. The van der Waals surface area contributed by atoms with Crippen molar-refractivity contribution in [3.8, 4) is 0 Å². The number of para-hydroxylation sites is 1. The third-order valence-corrected chi connectivity index (χ3v) is 3.74. The van der Waals surface area contributed by atoms with Crippen LogP contribution in [0.5, 0.6) is 0 Å². The van der Waals surface area contributed by atoms with Gasteiger partial charge < -0.3 is 15.2 Å². The lowest BCUT2D eigenvalue weighted by atomic mass is 9.85. The molecule has 20 heavy (non-hydrogen) atoms. The van der Waals surface area contributed by atoms with Gasteiger partial charge in [0.2, 0.25) is 5.95 Å². The second kappa shape index (κ2) is 4.72. The quantitative estimate of drug-likeness (QED) is 0.882. The molecule has 6 heteroatoms. The summed E-state index contributed by atoms with van der Waals surface area (Å²) in [5.74, 6) is -0.458. The van der Waals surface area contributed by atoms with Gasteiger partial charge in [0, 0.05) is 11.6 Å². The van der Waals surface area contributed by atoms with Gasteiger partial charge in [0.25, 0.3) is 0 Å². The molecule has 1 aromatic carbocycles. The number of ether oxygens (including phenoxy) is 1. The molecular formula is C14H15N3O3. The maximum atomic E-state index is 11.4. The summed E-state index contributed by atoms with van der Waals surface area (Å²) in [6, 6.07) is 7.30. The van der Waals surface area contributed by atoms with Crippen molar-refractivity contribution in [1.29, 1.82) is 0 Å². The summed E-state index contributed by atoms with van der Waals surface area (Å²) in [4.78, 5) is 20.0. The second-order valence-electron chi connectivity index (χ2n) is 5.19. The molecule has 0 saturated carbocycles. The third kappa shape index (κ3) is 2.08. The molecule has 1 saturated heterocycles. The zero-order chi connectivity index (χ0) is 14.2. The van der Waals surface area contributed by atoms with E-state index in [1.807, 2.05) is 24.3 Å². The van der Waals surface area contributed by atoms with Crippen molar-refractivity contribution in [1.82, 2.24) is 9.97 Å². The van der Waals surface area contributed by atoms with Crippen LogP contribution in [0.1, 0.15) is 6.92 Å². The molecule has 0 bridgehead atoms. The fourth-order valence-corrected chi connectivity index (χ4v) is 2.28. The molecule has 0 spiro atoms. The molecule has 2 aromatic rings. The van der Waals surface area contributed by atoms with Gasteiger partial charge in [-0.2, -0.15) is 0 Å². The largest absolute Gasteiger partial charge is 0.481 e. The van der Waals surface area contributed by atoms with Gasteiger partial charge in [-0.3, -0.25) is 4.79 Å². The highest BCUT2D eigenvalue weighted by Gasteiger charge is 2.47. The molecule has 1 aromatic heterocycles. The Morgan fingerprint density at radius 2 is 2.30 bits per heavy atom. The predicted molar refractivity (Wildman–Crippen MR) is 73.5 cm³/mol. The van der Waals surface area contributed by atoms with Crippen LogP contribution in [-0.2, 0) is 9.53 Å². The number of nitrogens with zero attached hydrogens (tertiary/aromatic N) is 2. The van der Waals surface area contributed by atoms with Crippen LogP contribution >= 0.6 is 0 Å². The number of anilines is 1. The Kier molecular flexibility index (Phi) is 3.02. The van der Waals surface area contributed by atoms with Crippen molar-refractivity contribution in [2.45, 2.75) is 13.0 Å². The van der Waals surface area contributed by atoms with Crippen LogP contribution in [-0.4, -0.2) is 40.3 Å². The molecule has 2 unspecified atom stereocenters. The molecule has 0 radical (unpaired) electrons. The van der Waals surface area contributed by atoms with Gasteiger partial charge in [0.05, 0.1) is 24.8 Å². The highest BCUT2D eigenvalue weighted by Crippen LogP contribution is 2.30. The number of carbonyl (C=O) groups is 1. The van der Waals surface area contributed by atoms with Crippen molar-refractivity contribution in [2.75, 3.05) is 18.5 Å². The minimum Gasteiger partial charge on any atom is -0.481 e. The van der Waals surface area contributed by atoms with E-state index in [0.717, 1.165) is 10.9 Å². The first-order valence-electron chi connectivity index (χ1n) is 6.39. The standard InChI is InChI=1S/C14H15N3O3/c1-14(12(18)19)8-20-7-11(14)17-13-15-6-9-4-2-3-5-10(9)16-13/h2-6,11H,7-8H2,1H3,(H,18,19)(H,15,16,17). The molecule has 104 valence electrons. The number of carboxylic acids is 1. The molecule has 0 aliphatic carbocycles. The lowest BCUT2D eigenvalue weighted by Gasteiger charge is -2.25. The summed E-state index contributed by atoms with van der Waals surface area (Å²) < 4.78 is 5.29. The third-order valence-electron chi connectivity index (χ3n) is 3.74. The zero-order valence-corrected chi connectivity index (χ0v) is 11.0. The van der Waals surface area contributed by atoms with Crippen molar-refractivity contribution in [2.24, 2.45) is 5.41 Å². The molecule has 2 N–H and O–H groups in total. The predicted octanol–water partition coefficient (Wildman–Crippen LogP) is 1.53.